The summed E-state index contributed by atoms with van der Waals surface area (Å²) in [6.07, 6.45) is 12.6. The molecule has 128 valence electrons. The van der Waals surface area contributed by atoms with Gasteiger partial charge in [-0.2, -0.15) is 0 Å². The molecule has 1 atom stereocenters. The molecule has 0 rings (SSSR count). The van der Waals surface area contributed by atoms with E-state index in [1.165, 1.54) is 0 Å². The maximum absolute atomic E-state index is 11.6. The molecule has 0 fully saturated rings. The van der Waals surface area contributed by atoms with Crippen LogP contribution in [0.25, 0.3) is 0 Å². The molecule has 3 heteroatoms. The van der Waals surface area contributed by atoms with Crippen LogP contribution >= 0.6 is 0 Å². The van der Waals surface area contributed by atoms with Gasteiger partial charge >= 0.3 is 0 Å². The first-order chi connectivity index (χ1) is 10.1. The molecule has 0 aliphatic heterocycles. The number of allylic oxidation sites excluding steroid dienone is 3. The van der Waals surface area contributed by atoms with Crippen LogP contribution in [0.4, 0.5) is 0 Å². The molecule has 0 aliphatic carbocycles. The number of ketones is 1. The van der Waals surface area contributed by atoms with E-state index in [1.807, 2.05) is 12.2 Å². The van der Waals surface area contributed by atoms with Crippen molar-refractivity contribution in [2.24, 2.45) is 0 Å². The van der Waals surface area contributed by atoms with Crippen LogP contribution in [0.15, 0.2) is 24.3 Å². The van der Waals surface area contributed by atoms with Gasteiger partial charge in [0, 0.05) is 6.42 Å². The van der Waals surface area contributed by atoms with Crippen LogP contribution in [-0.2, 0) is 9.22 Å². The Labute approximate surface area is 139 Å². The van der Waals surface area contributed by atoms with Gasteiger partial charge in [-0.25, -0.2) is 0 Å². The van der Waals surface area contributed by atoms with Crippen molar-refractivity contribution in [3.05, 3.63) is 24.3 Å². The number of unbranched alkanes of at least 4 members (excludes halogenated alkanes) is 2. The lowest BCUT2D eigenvalue weighted by molar-refractivity contribution is -0.114. The second-order valence-electron chi connectivity index (χ2n) is 7.49. The van der Waals surface area contributed by atoms with Gasteiger partial charge in [0.05, 0.1) is 6.10 Å². The fourth-order valence-corrected chi connectivity index (χ4v) is 3.15. The third-order valence-electron chi connectivity index (χ3n) is 4.40. The predicted octanol–water partition coefficient (Wildman–Crippen LogP) is 6.05. The Morgan fingerprint density at radius 3 is 2.27 bits per heavy atom. The molecule has 2 nitrogen and oxygen atoms in total. The summed E-state index contributed by atoms with van der Waals surface area (Å²) in [7, 11) is -1.74. The number of carbonyl (C=O) groups excluding carboxylic acids is 1. The Morgan fingerprint density at radius 1 is 1.14 bits per heavy atom. The zero-order valence-electron chi connectivity index (χ0n) is 15.7. The normalized spacial score (nSPS) is 14.9. The van der Waals surface area contributed by atoms with Gasteiger partial charge in [0.25, 0.3) is 0 Å². The Balaban J connectivity index is 4.41. The minimum absolute atomic E-state index is 0.140. The molecule has 0 saturated heterocycles. The highest BCUT2D eigenvalue weighted by molar-refractivity contribution is 6.74. The Kier molecular flexibility index (Phi) is 9.86. The SMILES string of the molecule is CCCCCC(=O)C=CC=CC(CC)O[Si](C)(C)C(C)(C)C. The van der Waals surface area contributed by atoms with Crippen molar-refractivity contribution in [1.82, 2.24) is 0 Å². The van der Waals surface area contributed by atoms with Crippen LogP contribution < -0.4 is 0 Å². The fraction of sp³-hybridized carbons (Fsp3) is 0.737. The van der Waals surface area contributed by atoms with Crippen molar-refractivity contribution in [2.75, 3.05) is 0 Å². The molecule has 0 aromatic carbocycles. The first kappa shape index (κ1) is 21.3. The third-order valence-corrected chi connectivity index (χ3v) is 8.90. The summed E-state index contributed by atoms with van der Waals surface area (Å²) in [5, 5.41) is 0.222. The van der Waals surface area contributed by atoms with Crippen LogP contribution in [0.3, 0.4) is 0 Å². The molecule has 0 spiro atoms. The fourth-order valence-electron chi connectivity index (χ4n) is 1.80. The zero-order chi connectivity index (χ0) is 17.2. The molecule has 0 bridgehead atoms. The summed E-state index contributed by atoms with van der Waals surface area (Å²) in [5.74, 6) is 0.219. The average Bonchev–Trinajstić information content (AvgIpc) is 2.41. The number of hydrogen-bond acceptors (Lipinski definition) is 2. The molecule has 0 saturated carbocycles. The van der Waals surface area contributed by atoms with Crippen LogP contribution in [0.5, 0.6) is 0 Å². The summed E-state index contributed by atoms with van der Waals surface area (Å²) >= 11 is 0. The third kappa shape index (κ3) is 8.69. The lowest BCUT2D eigenvalue weighted by Gasteiger charge is -2.38. The van der Waals surface area contributed by atoms with Crippen LogP contribution in [0.2, 0.25) is 18.1 Å². The van der Waals surface area contributed by atoms with Crippen LogP contribution in [0, 0.1) is 0 Å². The quantitative estimate of drug-likeness (QED) is 0.212. The van der Waals surface area contributed by atoms with E-state index in [2.05, 4.69) is 53.8 Å². The minimum Gasteiger partial charge on any atom is -0.411 e. The second-order valence-corrected chi connectivity index (χ2v) is 12.2. The van der Waals surface area contributed by atoms with E-state index in [0.717, 1.165) is 25.7 Å². The van der Waals surface area contributed by atoms with Gasteiger partial charge in [0.1, 0.15) is 0 Å². The summed E-state index contributed by atoms with van der Waals surface area (Å²) in [6, 6.07) is 0. The lowest BCUT2D eigenvalue weighted by atomic mass is 10.1. The number of carbonyl (C=O) groups is 1. The van der Waals surface area contributed by atoms with Crippen LogP contribution in [0.1, 0.15) is 66.7 Å². The molecule has 0 aromatic heterocycles. The van der Waals surface area contributed by atoms with Gasteiger partial charge in [0.15, 0.2) is 14.1 Å². The first-order valence-electron chi connectivity index (χ1n) is 8.69. The van der Waals surface area contributed by atoms with E-state index in [0.29, 0.717) is 6.42 Å². The van der Waals surface area contributed by atoms with Crippen LogP contribution in [-0.4, -0.2) is 20.2 Å². The Morgan fingerprint density at radius 2 is 1.77 bits per heavy atom. The highest BCUT2D eigenvalue weighted by Gasteiger charge is 2.38. The molecule has 0 radical (unpaired) electrons. The molecule has 22 heavy (non-hydrogen) atoms. The van der Waals surface area contributed by atoms with Gasteiger partial charge in [-0.1, -0.05) is 65.7 Å². The second kappa shape index (κ2) is 10.2. The first-order valence-corrected chi connectivity index (χ1v) is 11.6. The smallest absolute Gasteiger partial charge is 0.192 e. The highest BCUT2D eigenvalue weighted by Crippen LogP contribution is 2.37. The summed E-state index contributed by atoms with van der Waals surface area (Å²) in [5.41, 5.74) is 0. The molecular weight excluding hydrogens is 288 g/mol. The predicted molar refractivity (Wildman–Crippen MR) is 99.8 cm³/mol. The Bertz CT molecular complexity index is 375. The van der Waals surface area contributed by atoms with E-state index in [1.54, 1.807) is 6.08 Å². The van der Waals surface area contributed by atoms with Crippen molar-refractivity contribution in [1.29, 1.82) is 0 Å². The number of rotatable bonds is 10. The summed E-state index contributed by atoms with van der Waals surface area (Å²) in [4.78, 5) is 11.6. The van der Waals surface area contributed by atoms with Crippen molar-refractivity contribution in [3.8, 4) is 0 Å². The lowest BCUT2D eigenvalue weighted by Crippen LogP contribution is -2.43. The molecular formula is C19H36O2Si. The highest BCUT2D eigenvalue weighted by atomic mass is 28.4. The monoisotopic (exact) mass is 324 g/mol. The van der Waals surface area contributed by atoms with Crippen molar-refractivity contribution < 1.29 is 9.22 Å². The standard InChI is InChI=1S/C19H36O2Si/c1-8-10-11-14-17(20)15-12-13-16-18(9-2)21-22(6,7)19(3,4)5/h12-13,15-16,18H,8-11,14H2,1-7H3. The molecule has 0 N–H and O–H groups in total. The van der Waals surface area contributed by atoms with E-state index < -0.39 is 8.32 Å². The van der Waals surface area contributed by atoms with E-state index in [4.69, 9.17) is 4.43 Å². The van der Waals surface area contributed by atoms with E-state index >= 15 is 0 Å². The summed E-state index contributed by atoms with van der Waals surface area (Å²) in [6.45, 7) is 15.6. The van der Waals surface area contributed by atoms with Crippen molar-refractivity contribution in [2.45, 2.75) is 91.0 Å². The topological polar surface area (TPSA) is 26.3 Å². The largest absolute Gasteiger partial charge is 0.411 e. The molecule has 0 amide bonds. The van der Waals surface area contributed by atoms with E-state index in [-0.39, 0.29) is 16.9 Å². The van der Waals surface area contributed by atoms with Gasteiger partial charge < -0.3 is 4.43 Å². The van der Waals surface area contributed by atoms with Crippen molar-refractivity contribution >= 4 is 14.1 Å². The summed E-state index contributed by atoms with van der Waals surface area (Å²) < 4.78 is 6.37. The Hall–Kier alpha value is -0.673. The molecule has 0 aliphatic rings. The maximum Gasteiger partial charge on any atom is 0.192 e. The van der Waals surface area contributed by atoms with Gasteiger partial charge in [-0.05, 0) is 37.0 Å². The van der Waals surface area contributed by atoms with Gasteiger partial charge in [-0.3, -0.25) is 4.79 Å². The molecule has 0 aromatic rings. The minimum atomic E-state index is -1.74. The maximum atomic E-state index is 11.6. The van der Waals surface area contributed by atoms with Gasteiger partial charge in [-0.15, -0.1) is 0 Å². The van der Waals surface area contributed by atoms with Crippen molar-refractivity contribution in [3.63, 3.8) is 0 Å². The molecule has 0 heterocycles. The van der Waals surface area contributed by atoms with Gasteiger partial charge in [0.2, 0.25) is 0 Å². The average molecular weight is 325 g/mol. The molecule has 1 unspecified atom stereocenters. The zero-order valence-corrected chi connectivity index (χ0v) is 16.7. The van der Waals surface area contributed by atoms with E-state index in [9.17, 15) is 4.79 Å². The number of hydrogen-bond donors (Lipinski definition) is 0.